The van der Waals surface area contributed by atoms with Crippen molar-refractivity contribution < 1.29 is 32.8 Å². The van der Waals surface area contributed by atoms with E-state index in [9.17, 15) is 4.79 Å². The van der Waals surface area contributed by atoms with Crippen molar-refractivity contribution in [3.05, 3.63) is 0 Å². The van der Waals surface area contributed by atoms with Crippen molar-refractivity contribution in [3.8, 4) is 0 Å². The number of hydrogen-bond acceptors (Lipinski definition) is 2. The van der Waals surface area contributed by atoms with Crippen LogP contribution in [-0.2, 0) is 32.8 Å². The standard InChI is InChI=1S/C2H4O2.Zr/c1-2(3)4;/h1H3,(H,3,4);/q;+1/p-1. The molecule has 0 aromatic carbocycles. The van der Waals surface area contributed by atoms with Crippen molar-refractivity contribution in [2.45, 2.75) is 6.92 Å². The Morgan fingerprint density at radius 2 is 2.20 bits per heavy atom. The fourth-order valence-electron chi connectivity index (χ4n) is 0. The molecule has 0 aromatic rings. The third-order valence-electron chi connectivity index (χ3n) is 0.144. The van der Waals surface area contributed by atoms with Gasteiger partial charge < -0.3 is 0 Å². The molecule has 0 radical (unpaired) electrons. The first-order valence-electron chi connectivity index (χ1n) is 1.11. The van der Waals surface area contributed by atoms with Crippen molar-refractivity contribution in [3.63, 3.8) is 0 Å². The molecule has 3 heteroatoms. The van der Waals surface area contributed by atoms with Gasteiger partial charge in [0.2, 0.25) is 0 Å². The molecule has 5 heavy (non-hydrogen) atoms. The zero-order valence-corrected chi connectivity index (χ0v) is 5.27. The summed E-state index contributed by atoms with van der Waals surface area (Å²) in [5.74, 6) is -0.205. The summed E-state index contributed by atoms with van der Waals surface area (Å²) in [6.45, 7) is 1.38. The molecule has 0 unspecified atom stereocenters. The SMILES string of the molecule is CC(=O)[O][Zr]. The van der Waals surface area contributed by atoms with E-state index in [0.29, 0.717) is 0 Å². The minimum absolute atomic E-state index is 0.205. The molecule has 27 valence electrons. The summed E-state index contributed by atoms with van der Waals surface area (Å²) < 4.78 is 4.20. The molecule has 0 aliphatic carbocycles. The van der Waals surface area contributed by atoms with E-state index in [2.05, 4.69) is 2.81 Å². The molecule has 0 heterocycles. The second kappa shape index (κ2) is 2.58. The first-order chi connectivity index (χ1) is 2.27. The molecule has 0 aliphatic rings. The van der Waals surface area contributed by atoms with Crippen LogP contribution in [0.5, 0.6) is 0 Å². The first-order valence-corrected chi connectivity index (χ1v) is 2.12. The van der Waals surface area contributed by atoms with Crippen LogP contribution in [0.1, 0.15) is 6.92 Å². The Bertz CT molecular complexity index is 42.9. The molecular weight excluding hydrogens is 147 g/mol. The summed E-state index contributed by atoms with van der Waals surface area (Å²) >= 11 is 0.815. The van der Waals surface area contributed by atoms with Gasteiger partial charge in [-0.25, -0.2) is 0 Å². The van der Waals surface area contributed by atoms with Crippen molar-refractivity contribution in [1.29, 1.82) is 0 Å². The number of hydrogen-bond donors (Lipinski definition) is 0. The van der Waals surface area contributed by atoms with E-state index in [1.54, 1.807) is 0 Å². The van der Waals surface area contributed by atoms with Crippen LogP contribution in [0.15, 0.2) is 0 Å². The van der Waals surface area contributed by atoms with Gasteiger partial charge >= 0.3 is 45.7 Å². The normalized spacial score (nSPS) is 6.40. The molecule has 0 aromatic heterocycles. The van der Waals surface area contributed by atoms with Crippen LogP contribution < -0.4 is 0 Å². The van der Waals surface area contributed by atoms with Crippen LogP contribution in [-0.4, -0.2) is 5.97 Å². The Morgan fingerprint density at radius 1 is 2.00 bits per heavy atom. The average Bonchev–Trinajstić information content (AvgIpc) is 1.38. The molecular formula is C2H3O2Zr. The van der Waals surface area contributed by atoms with Gasteiger partial charge in [0.15, 0.2) is 0 Å². The summed E-state index contributed by atoms with van der Waals surface area (Å²) in [6.07, 6.45) is 0. The molecule has 0 rings (SSSR count). The topological polar surface area (TPSA) is 26.3 Å². The van der Waals surface area contributed by atoms with Crippen LogP contribution >= 0.6 is 0 Å². The quantitative estimate of drug-likeness (QED) is 0.486. The molecule has 0 spiro atoms. The molecule has 0 saturated heterocycles. The van der Waals surface area contributed by atoms with Crippen LogP contribution in [0, 0.1) is 0 Å². The van der Waals surface area contributed by atoms with Gasteiger partial charge in [0, 0.05) is 0 Å². The number of carbonyl (C=O) groups is 1. The van der Waals surface area contributed by atoms with Gasteiger partial charge in [-0.05, 0) is 0 Å². The van der Waals surface area contributed by atoms with E-state index in [1.807, 2.05) is 0 Å². The van der Waals surface area contributed by atoms with E-state index in [0.717, 1.165) is 25.2 Å². The second-order valence-corrected chi connectivity index (χ2v) is 1.10. The second-order valence-electron chi connectivity index (χ2n) is 0.594. The third-order valence-corrected chi connectivity index (χ3v) is 0.850. The fraction of sp³-hybridized carbons (Fsp3) is 0.500. The predicted octanol–water partition coefficient (Wildman–Crippen LogP) is 0.0113. The van der Waals surface area contributed by atoms with Crippen LogP contribution in [0.3, 0.4) is 0 Å². The van der Waals surface area contributed by atoms with Gasteiger partial charge in [-0.1, -0.05) is 0 Å². The Labute approximate surface area is 46.0 Å². The molecule has 0 amide bonds. The van der Waals surface area contributed by atoms with Gasteiger partial charge in [-0.15, -0.1) is 0 Å². The Balaban J connectivity index is 2.85. The third kappa shape index (κ3) is 4.35. The monoisotopic (exact) mass is 149 g/mol. The maximum atomic E-state index is 9.61. The van der Waals surface area contributed by atoms with Crippen LogP contribution in [0.2, 0.25) is 0 Å². The zero-order valence-electron chi connectivity index (χ0n) is 2.82. The van der Waals surface area contributed by atoms with Crippen molar-refractivity contribution in [1.82, 2.24) is 0 Å². The van der Waals surface area contributed by atoms with Gasteiger partial charge in [0.1, 0.15) is 0 Å². The first kappa shape index (κ1) is 5.35. The summed E-state index contributed by atoms with van der Waals surface area (Å²) in [5.41, 5.74) is 0. The zero-order chi connectivity index (χ0) is 4.28. The van der Waals surface area contributed by atoms with Gasteiger partial charge in [-0.3, -0.25) is 0 Å². The maximum absolute atomic E-state index is 9.61. The van der Waals surface area contributed by atoms with Gasteiger partial charge in [0.05, 0.1) is 0 Å². The van der Waals surface area contributed by atoms with Gasteiger partial charge in [-0.2, -0.15) is 0 Å². The van der Waals surface area contributed by atoms with E-state index < -0.39 is 0 Å². The summed E-state index contributed by atoms with van der Waals surface area (Å²) in [4.78, 5) is 9.61. The molecule has 0 saturated carbocycles. The van der Waals surface area contributed by atoms with Crippen molar-refractivity contribution in [2.75, 3.05) is 0 Å². The fourth-order valence-corrected chi connectivity index (χ4v) is 0. The number of carbonyl (C=O) groups excluding carboxylic acids is 1. The van der Waals surface area contributed by atoms with Crippen molar-refractivity contribution >= 4 is 5.97 Å². The minimum atomic E-state index is -0.205. The molecule has 2 nitrogen and oxygen atoms in total. The van der Waals surface area contributed by atoms with E-state index in [1.165, 1.54) is 6.92 Å². The summed E-state index contributed by atoms with van der Waals surface area (Å²) in [6, 6.07) is 0. The predicted molar refractivity (Wildman–Crippen MR) is 11.8 cm³/mol. The van der Waals surface area contributed by atoms with Crippen LogP contribution in [0.4, 0.5) is 0 Å². The number of rotatable bonds is 0. The molecule has 0 N–H and O–H groups in total. The Hall–Kier alpha value is 0.353. The Kier molecular flexibility index (Phi) is 2.77. The summed E-state index contributed by atoms with van der Waals surface area (Å²) in [7, 11) is 0. The van der Waals surface area contributed by atoms with E-state index in [-0.39, 0.29) is 5.97 Å². The summed E-state index contributed by atoms with van der Waals surface area (Å²) in [5, 5.41) is 0. The average molecular weight is 150 g/mol. The molecule has 0 aliphatic heterocycles. The Morgan fingerprint density at radius 3 is 2.20 bits per heavy atom. The molecule has 0 bridgehead atoms. The van der Waals surface area contributed by atoms with Gasteiger partial charge in [0.25, 0.3) is 0 Å². The van der Waals surface area contributed by atoms with E-state index in [4.69, 9.17) is 0 Å². The molecule has 0 fully saturated rings. The van der Waals surface area contributed by atoms with E-state index >= 15 is 0 Å². The van der Waals surface area contributed by atoms with Crippen molar-refractivity contribution in [2.24, 2.45) is 0 Å². The molecule has 0 atom stereocenters. The van der Waals surface area contributed by atoms with Crippen LogP contribution in [0.25, 0.3) is 0 Å².